The monoisotopic (exact) mass is 644 g/mol. The Bertz CT molecular complexity index is 1300. The maximum Gasteiger partial charge on any atom is 0.261 e. The van der Waals surface area contributed by atoms with Crippen LogP contribution in [0.15, 0.2) is 71.2 Å². The van der Waals surface area contributed by atoms with Gasteiger partial charge in [-0.3, -0.25) is 9.59 Å². The van der Waals surface area contributed by atoms with Crippen molar-refractivity contribution in [3.05, 3.63) is 97.9 Å². The van der Waals surface area contributed by atoms with E-state index in [-0.39, 0.29) is 31.0 Å². The molecule has 0 bridgehead atoms. The molecule has 1 aliphatic carbocycles. The second-order valence-corrected chi connectivity index (χ2v) is 11.9. The number of carbonyl (C=O) groups excluding carboxylic acids is 2. The van der Waals surface area contributed by atoms with Gasteiger partial charge in [0.2, 0.25) is 5.91 Å². The minimum atomic E-state index is -0.735. The number of hydrogen-bond donors (Lipinski definition) is 1. The molecular formula is C32H35BrCl2N2O3. The van der Waals surface area contributed by atoms with Gasteiger partial charge in [0.15, 0.2) is 6.61 Å². The van der Waals surface area contributed by atoms with Crippen LogP contribution in [0.2, 0.25) is 10.0 Å². The molecular weight excluding hydrogens is 611 g/mol. The molecule has 1 saturated carbocycles. The summed E-state index contributed by atoms with van der Waals surface area (Å²) in [5.74, 6) is 0.126. The number of halogens is 3. The lowest BCUT2D eigenvalue weighted by molar-refractivity contribution is -0.143. The van der Waals surface area contributed by atoms with Crippen molar-refractivity contribution in [3.8, 4) is 5.75 Å². The fraction of sp³-hybridized carbons (Fsp3) is 0.375. The molecule has 3 aromatic carbocycles. The number of hydrogen-bond acceptors (Lipinski definition) is 3. The van der Waals surface area contributed by atoms with Crippen LogP contribution >= 0.6 is 39.1 Å². The minimum Gasteiger partial charge on any atom is -0.483 e. The molecule has 0 aliphatic heterocycles. The Hall–Kier alpha value is -2.54. The summed E-state index contributed by atoms with van der Waals surface area (Å²) < 4.78 is 6.76. The van der Waals surface area contributed by atoms with Crippen LogP contribution in [0, 0.1) is 0 Å². The normalized spacial score (nSPS) is 14.4. The molecule has 3 aromatic rings. The summed E-state index contributed by atoms with van der Waals surface area (Å²) >= 11 is 16.0. The van der Waals surface area contributed by atoms with Crippen molar-refractivity contribution in [2.75, 3.05) is 6.61 Å². The van der Waals surface area contributed by atoms with E-state index in [4.69, 9.17) is 27.9 Å². The van der Waals surface area contributed by atoms with Gasteiger partial charge in [0, 0.05) is 19.0 Å². The Balaban J connectivity index is 1.63. The first-order chi connectivity index (χ1) is 19.3. The lowest BCUT2D eigenvalue weighted by atomic mass is 9.94. The summed E-state index contributed by atoms with van der Waals surface area (Å²) in [6, 6.07) is 20.3. The highest BCUT2D eigenvalue weighted by Gasteiger charge is 2.32. The van der Waals surface area contributed by atoms with Gasteiger partial charge in [-0.15, -0.1) is 0 Å². The van der Waals surface area contributed by atoms with Gasteiger partial charge in [0.05, 0.1) is 14.5 Å². The molecule has 1 fully saturated rings. The van der Waals surface area contributed by atoms with Gasteiger partial charge < -0.3 is 15.0 Å². The Morgan fingerprint density at radius 2 is 1.68 bits per heavy atom. The average Bonchev–Trinajstić information content (AvgIpc) is 2.97. The van der Waals surface area contributed by atoms with Crippen LogP contribution in [0.25, 0.3) is 0 Å². The number of nitrogens with one attached hydrogen (secondary N) is 1. The molecule has 40 heavy (non-hydrogen) atoms. The fourth-order valence-corrected chi connectivity index (χ4v) is 5.90. The smallest absolute Gasteiger partial charge is 0.261 e. The number of ether oxygens (including phenoxy) is 1. The van der Waals surface area contributed by atoms with Gasteiger partial charge in [0.1, 0.15) is 11.8 Å². The van der Waals surface area contributed by atoms with Gasteiger partial charge in [-0.25, -0.2) is 0 Å². The van der Waals surface area contributed by atoms with Crippen LogP contribution in [0.5, 0.6) is 5.75 Å². The van der Waals surface area contributed by atoms with E-state index >= 15 is 0 Å². The van der Waals surface area contributed by atoms with Crippen molar-refractivity contribution in [2.45, 2.75) is 70.5 Å². The molecule has 1 atom stereocenters. The number of rotatable bonds is 11. The molecule has 8 heteroatoms. The van der Waals surface area contributed by atoms with Gasteiger partial charge in [0.25, 0.3) is 5.91 Å². The zero-order valence-corrected chi connectivity index (χ0v) is 25.8. The van der Waals surface area contributed by atoms with Crippen LogP contribution in [0.1, 0.15) is 55.7 Å². The van der Waals surface area contributed by atoms with Crippen molar-refractivity contribution in [3.63, 3.8) is 0 Å². The summed E-state index contributed by atoms with van der Waals surface area (Å²) in [6.45, 7) is 2.05. The first kappa shape index (κ1) is 30.4. The van der Waals surface area contributed by atoms with Crippen LogP contribution in [0.3, 0.4) is 0 Å². The summed E-state index contributed by atoms with van der Waals surface area (Å²) in [5, 5.41) is 4.08. The molecule has 4 rings (SSSR count). The minimum absolute atomic E-state index is 0.116. The lowest BCUT2D eigenvalue weighted by Gasteiger charge is -2.33. The maximum atomic E-state index is 13.9. The van der Waals surface area contributed by atoms with E-state index in [1.165, 1.54) is 6.42 Å². The van der Waals surface area contributed by atoms with E-state index in [1.54, 1.807) is 17.0 Å². The number of aryl methyl sites for hydroxylation is 1. The number of nitrogens with zero attached hydrogens (tertiary/aromatic N) is 1. The standard InChI is InChI=1S/C32H35BrCl2N2O3/c1-2-22-14-16-30(26(33)17-22)40-21-31(38)37(20-24-13-15-27(34)28(35)18-24)29(19-23-9-5-3-6-10-23)32(39)36-25-11-7-4-8-12-25/h3,5-6,9-10,13-18,25,29H,2,4,7-8,11-12,19-21H2,1H3,(H,36,39). The van der Waals surface area contributed by atoms with E-state index in [2.05, 4.69) is 28.2 Å². The molecule has 0 spiro atoms. The van der Waals surface area contributed by atoms with E-state index in [9.17, 15) is 9.59 Å². The quantitative estimate of drug-likeness (QED) is 0.232. The van der Waals surface area contributed by atoms with Crippen LogP contribution < -0.4 is 10.1 Å². The Kier molecular flexibility index (Phi) is 11.3. The zero-order chi connectivity index (χ0) is 28.5. The van der Waals surface area contributed by atoms with Crippen LogP contribution in [-0.2, 0) is 29.0 Å². The molecule has 0 saturated heterocycles. The van der Waals surface area contributed by atoms with Crippen molar-refractivity contribution in [1.82, 2.24) is 10.2 Å². The van der Waals surface area contributed by atoms with Crippen LogP contribution in [-0.4, -0.2) is 35.4 Å². The maximum absolute atomic E-state index is 13.9. The number of amides is 2. The Morgan fingerprint density at radius 1 is 0.950 bits per heavy atom. The van der Waals surface area contributed by atoms with Gasteiger partial charge >= 0.3 is 0 Å². The van der Waals surface area contributed by atoms with Crippen molar-refractivity contribution in [1.29, 1.82) is 0 Å². The molecule has 0 aromatic heterocycles. The Morgan fingerprint density at radius 3 is 2.35 bits per heavy atom. The topological polar surface area (TPSA) is 58.6 Å². The first-order valence-corrected chi connectivity index (χ1v) is 15.4. The molecule has 1 N–H and O–H groups in total. The fourth-order valence-electron chi connectivity index (χ4n) is 5.04. The lowest BCUT2D eigenvalue weighted by Crippen LogP contribution is -2.53. The van der Waals surface area contributed by atoms with E-state index in [0.29, 0.717) is 22.2 Å². The molecule has 0 radical (unpaired) electrons. The summed E-state index contributed by atoms with van der Waals surface area (Å²) in [5.41, 5.74) is 2.91. The van der Waals surface area contributed by atoms with Gasteiger partial charge in [-0.2, -0.15) is 0 Å². The second-order valence-electron chi connectivity index (χ2n) is 10.2. The third-order valence-corrected chi connectivity index (χ3v) is 8.67. The van der Waals surface area contributed by atoms with Crippen molar-refractivity contribution in [2.24, 2.45) is 0 Å². The number of carbonyl (C=O) groups is 2. The summed E-state index contributed by atoms with van der Waals surface area (Å²) in [6.07, 6.45) is 6.56. The average molecular weight is 646 g/mol. The highest BCUT2D eigenvalue weighted by atomic mass is 79.9. The van der Waals surface area contributed by atoms with Gasteiger partial charge in [-0.05, 0) is 76.1 Å². The highest BCUT2D eigenvalue weighted by Crippen LogP contribution is 2.28. The molecule has 0 heterocycles. The van der Waals surface area contributed by atoms with E-state index in [1.807, 2.05) is 54.6 Å². The number of benzene rings is 3. The highest BCUT2D eigenvalue weighted by molar-refractivity contribution is 9.10. The molecule has 5 nitrogen and oxygen atoms in total. The molecule has 2 amide bonds. The van der Waals surface area contributed by atoms with Crippen molar-refractivity contribution >= 4 is 50.9 Å². The second kappa shape index (κ2) is 14.9. The summed E-state index contributed by atoms with van der Waals surface area (Å²) in [7, 11) is 0. The zero-order valence-electron chi connectivity index (χ0n) is 22.7. The predicted octanol–water partition coefficient (Wildman–Crippen LogP) is 7.79. The summed E-state index contributed by atoms with van der Waals surface area (Å²) in [4.78, 5) is 29.4. The SMILES string of the molecule is CCc1ccc(OCC(=O)N(Cc2ccc(Cl)c(Cl)c2)C(Cc2ccccc2)C(=O)NC2CCCCC2)c(Br)c1. The third-order valence-electron chi connectivity index (χ3n) is 7.32. The molecule has 212 valence electrons. The first-order valence-electron chi connectivity index (χ1n) is 13.8. The van der Waals surface area contributed by atoms with E-state index < -0.39 is 6.04 Å². The largest absolute Gasteiger partial charge is 0.483 e. The Labute approximate surface area is 255 Å². The third kappa shape index (κ3) is 8.48. The predicted molar refractivity (Wildman–Crippen MR) is 165 cm³/mol. The molecule has 1 unspecified atom stereocenters. The van der Waals surface area contributed by atoms with E-state index in [0.717, 1.165) is 53.3 Å². The van der Waals surface area contributed by atoms with Crippen molar-refractivity contribution < 1.29 is 14.3 Å². The molecule has 1 aliphatic rings. The van der Waals surface area contributed by atoms with Crippen LogP contribution in [0.4, 0.5) is 0 Å². The van der Waals surface area contributed by atoms with Gasteiger partial charge in [-0.1, -0.05) is 91.9 Å².